The second kappa shape index (κ2) is 14.8. The van der Waals surface area contributed by atoms with Crippen LogP contribution in [0.25, 0.3) is 0 Å². The van der Waals surface area contributed by atoms with Crippen molar-refractivity contribution in [1.82, 2.24) is 0 Å². The van der Waals surface area contributed by atoms with Crippen molar-refractivity contribution in [2.75, 3.05) is 0 Å². The van der Waals surface area contributed by atoms with Gasteiger partial charge < -0.3 is 5.11 Å². The van der Waals surface area contributed by atoms with Gasteiger partial charge in [0, 0.05) is 11.3 Å². The third kappa shape index (κ3) is 13.4. The lowest BCUT2D eigenvalue weighted by atomic mass is 10.1. The van der Waals surface area contributed by atoms with Crippen LogP contribution in [-0.2, 0) is 4.79 Å². The lowest BCUT2D eigenvalue weighted by Crippen LogP contribution is -2.22. The number of thioether (sulfide) groups is 1. The monoisotopic (exact) mass is 347 g/mol. The molecule has 0 radical (unpaired) electrons. The van der Waals surface area contributed by atoms with Crippen LogP contribution in [0.4, 0.5) is 0 Å². The van der Waals surface area contributed by atoms with Gasteiger partial charge in [0.05, 0.1) is 0 Å². The zero-order chi connectivity index (χ0) is 17.5. The first-order valence-electron chi connectivity index (χ1n) is 9.00. The first-order chi connectivity index (χ1) is 11.0. The van der Waals surface area contributed by atoms with Crippen molar-refractivity contribution in [2.24, 2.45) is 0 Å². The number of rotatable bonds is 16. The Balaban J connectivity index is 3.56. The van der Waals surface area contributed by atoms with E-state index in [0.717, 1.165) is 31.0 Å². The third-order valence-electron chi connectivity index (χ3n) is 4.00. The zero-order valence-electron chi connectivity index (χ0n) is 14.7. The third-order valence-corrected chi connectivity index (χ3v) is 5.33. The molecule has 0 bridgehead atoms. The Bertz CT molecular complexity index is 326. The number of nitrogens with zero attached hydrogens (tertiary/aromatic N) is 1. The molecule has 0 heterocycles. The van der Waals surface area contributed by atoms with E-state index in [2.05, 4.69) is 6.92 Å². The van der Waals surface area contributed by atoms with Gasteiger partial charge in [-0.3, -0.25) is 14.9 Å². The molecule has 0 fully saturated rings. The SMILES string of the molecule is CCCCCCCCCCCCCC(SC(C)C(=O)O)[N+](=O)[O-]. The molecular weight excluding hydrogens is 314 g/mol. The van der Waals surface area contributed by atoms with Crippen LogP contribution in [0.2, 0.25) is 0 Å². The van der Waals surface area contributed by atoms with Gasteiger partial charge in [-0.05, 0) is 13.3 Å². The van der Waals surface area contributed by atoms with Crippen LogP contribution in [0.5, 0.6) is 0 Å². The fraction of sp³-hybridized carbons (Fsp3) is 0.941. The van der Waals surface area contributed by atoms with E-state index in [-0.39, 0.29) is 4.92 Å². The quantitative estimate of drug-likeness (QED) is 0.173. The summed E-state index contributed by atoms with van der Waals surface area (Å²) in [6, 6.07) is 0. The van der Waals surface area contributed by atoms with Gasteiger partial charge in [-0.25, -0.2) is 0 Å². The molecule has 6 heteroatoms. The van der Waals surface area contributed by atoms with Crippen molar-refractivity contribution in [1.29, 1.82) is 0 Å². The molecule has 0 aliphatic heterocycles. The van der Waals surface area contributed by atoms with Crippen molar-refractivity contribution in [2.45, 2.75) is 102 Å². The second-order valence-corrected chi connectivity index (χ2v) is 7.70. The van der Waals surface area contributed by atoms with Crippen LogP contribution >= 0.6 is 11.8 Å². The number of carbonyl (C=O) groups is 1. The highest BCUT2D eigenvalue weighted by molar-refractivity contribution is 8.00. The second-order valence-electron chi connectivity index (χ2n) is 6.18. The molecule has 0 aromatic heterocycles. The Morgan fingerprint density at radius 3 is 1.83 bits per heavy atom. The topological polar surface area (TPSA) is 80.4 Å². The molecule has 2 unspecified atom stereocenters. The van der Waals surface area contributed by atoms with Gasteiger partial charge >= 0.3 is 5.97 Å². The number of aliphatic carboxylic acids is 1. The number of unbranched alkanes of at least 4 members (excludes halogenated alkanes) is 10. The minimum absolute atomic E-state index is 0.347. The summed E-state index contributed by atoms with van der Waals surface area (Å²) in [6.45, 7) is 3.73. The summed E-state index contributed by atoms with van der Waals surface area (Å²) in [4.78, 5) is 21.4. The number of hydrogen-bond donors (Lipinski definition) is 1. The van der Waals surface area contributed by atoms with Gasteiger partial charge in [-0.1, -0.05) is 82.9 Å². The predicted molar refractivity (Wildman–Crippen MR) is 96.5 cm³/mol. The van der Waals surface area contributed by atoms with E-state index < -0.39 is 16.6 Å². The maximum absolute atomic E-state index is 11.0. The number of carboxylic acids is 1. The van der Waals surface area contributed by atoms with E-state index in [0.29, 0.717) is 6.42 Å². The zero-order valence-corrected chi connectivity index (χ0v) is 15.5. The van der Waals surface area contributed by atoms with Gasteiger partial charge in [0.1, 0.15) is 5.25 Å². The maximum atomic E-state index is 11.0. The molecule has 0 saturated carbocycles. The van der Waals surface area contributed by atoms with Crippen LogP contribution in [0.1, 0.15) is 90.9 Å². The minimum atomic E-state index is -0.985. The Morgan fingerprint density at radius 1 is 1.00 bits per heavy atom. The maximum Gasteiger partial charge on any atom is 0.316 e. The molecule has 0 aromatic carbocycles. The van der Waals surface area contributed by atoms with Crippen molar-refractivity contribution in [3.8, 4) is 0 Å². The number of hydrogen-bond acceptors (Lipinski definition) is 4. The number of nitro groups is 1. The standard InChI is InChI=1S/C17H33NO4S/c1-3-4-5-6-7-8-9-10-11-12-13-14-16(18(21)22)23-15(2)17(19)20/h15-16H,3-14H2,1-2H3,(H,19,20). The van der Waals surface area contributed by atoms with E-state index in [4.69, 9.17) is 5.11 Å². The van der Waals surface area contributed by atoms with Crippen LogP contribution in [0, 0.1) is 10.1 Å². The van der Waals surface area contributed by atoms with Gasteiger partial charge in [-0.2, -0.15) is 0 Å². The first-order valence-corrected chi connectivity index (χ1v) is 9.95. The molecule has 1 N–H and O–H groups in total. The van der Waals surface area contributed by atoms with Crippen molar-refractivity contribution in [3.63, 3.8) is 0 Å². The molecule has 0 aromatic rings. The normalized spacial score (nSPS) is 13.7. The molecule has 0 saturated heterocycles. The summed E-state index contributed by atoms with van der Waals surface area (Å²) in [6.07, 6.45) is 13.8. The lowest BCUT2D eigenvalue weighted by Gasteiger charge is -2.11. The van der Waals surface area contributed by atoms with E-state index in [1.54, 1.807) is 0 Å². The van der Waals surface area contributed by atoms with Crippen LogP contribution in [-0.4, -0.2) is 26.6 Å². The smallest absolute Gasteiger partial charge is 0.316 e. The largest absolute Gasteiger partial charge is 0.480 e. The Hall–Kier alpha value is -0.780. The molecule has 2 atom stereocenters. The first kappa shape index (κ1) is 22.2. The fourth-order valence-electron chi connectivity index (χ4n) is 2.50. The van der Waals surface area contributed by atoms with Crippen LogP contribution in [0.3, 0.4) is 0 Å². The van der Waals surface area contributed by atoms with E-state index in [1.165, 1.54) is 58.3 Å². The average Bonchev–Trinajstić information content (AvgIpc) is 2.50. The molecular formula is C17H33NO4S. The predicted octanol–water partition coefficient (Wildman–Crippen LogP) is 5.50. The molecule has 0 aliphatic carbocycles. The van der Waals surface area contributed by atoms with Gasteiger partial charge in [0.25, 0.3) is 5.37 Å². The number of carboxylic acid groups (broad SMARTS) is 1. The molecule has 0 amide bonds. The summed E-state index contributed by atoms with van der Waals surface area (Å²) in [5.41, 5.74) is 0. The van der Waals surface area contributed by atoms with Gasteiger partial charge in [0.2, 0.25) is 0 Å². The Kier molecular flexibility index (Phi) is 14.3. The summed E-state index contributed by atoms with van der Waals surface area (Å²) < 4.78 is 0. The fourth-order valence-corrected chi connectivity index (χ4v) is 3.49. The molecule has 136 valence electrons. The highest BCUT2D eigenvalue weighted by atomic mass is 32.2. The lowest BCUT2D eigenvalue weighted by molar-refractivity contribution is -0.496. The minimum Gasteiger partial charge on any atom is -0.480 e. The molecule has 0 aliphatic rings. The Morgan fingerprint density at radius 2 is 1.43 bits per heavy atom. The van der Waals surface area contributed by atoms with Gasteiger partial charge in [-0.15, -0.1) is 0 Å². The highest BCUT2D eigenvalue weighted by Gasteiger charge is 2.26. The van der Waals surface area contributed by atoms with E-state index >= 15 is 0 Å². The summed E-state index contributed by atoms with van der Waals surface area (Å²) in [5.74, 6) is -0.985. The summed E-state index contributed by atoms with van der Waals surface area (Å²) in [5, 5.41) is 18.3. The Labute approximate surface area is 144 Å². The van der Waals surface area contributed by atoms with Crippen molar-refractivity contribution in [3.05, 3.63) is 10.1 Å². The van der Waals surface area contributed by atoms with Crippen LogP contribution < -0.4 is 0 Å². The van der Waals surface area contributed by atoms with E-state index in [9.17, 15) is 14.9 Å². The molecule has 5 nitrogen and oxygen atoms in total. The van der Waals surface area contributed by atoms with Gasteiger partial charge in [0.15, 0.2) is 0 Å². The average molecular weight is 348 g/mol. The molecule has 0 rings (SSSR count). The summed E-state index contributed by atoms with van der Waals surface area (Å²) >= 11 is 0.944. The van der Waals surface area contributed by atoms with Crippen molar-refractivity contribution >= 4 is 17.7 Å². The van der Waals surface area contributed by atoms with E-state index in [1.807, 2.05) is 0 Å². The van der Waals surface area contributed by atoms with Crippen molar-refractivity contribution < 1.29 is 14.8 Å². The molecule has 23 heavy (non-hydrogen) atoms. The molecule has 0 spiro atoms. The highest BCUT2D eigenvalue weighted by Crippen LogP contribution is 2.23. The summed E-state index contributed by atoms with van der Waals surface area (Å²) in [7, 11) is 0. The van der Waals surface area contributed by atoms with Crippen LogP contribution in [0.15, 0.2) is 0 Å².